The predicted molar refractivity (Wildman–Crippen MR) is 70.4 cm³/mol. The molecule has 8 heteroatoms. The van der Waals surface area contributed by atoms with E-state index in [1.165, 1.54) is 25.2 Å². The highest BCUT2D eigenvalue weighted by Crippen LogP contribution is 2.25. The molecule has 1 heterocycles. The number of hydrogen-bond acceptors (Lipinski definition) is 4. The third-order valence-electron chi connectivity index (χ3n) is 2.93. The van der Waals surface area contributed by atoms with E-state index in [1.807, 2.05) is 0 Å². The number of fused-ring (bicyclic) bond motifs is 1. The summed E-state index contributed by atoms with van der Waals surface area (Å²) in [6, 6.07) is 3.81. The van der Waals surface area contributed by atoms with E-state index in [1.54, 1.807) is 0 Å². The molecule has 1 aromatic carbocycles. The number of carbonyl (C=O) groups is 1. The van der Waals surface area contributed by atoms with Gasteiger partial charge in [0.15, 0.2) is 0 Å². The maximum Gasteiger partial charge on any atom is 0.236 e. The van der Waals surface area contributed by atoms with Crippen LogP contribution in [0.15, 0.2) is 18.2 Å². The molecule has 110 valence electrons. The minimum atomic E-state index is -3.60. The van der Waals surface area contributed by atoms with Crippen molar-refractivity contribution in [1.29, 1.82) is 0 Å². The number of hydrogen-bond donors (Lipinski definition) is 2. The SMILES string of the molecule is CNS(=O)(=O)CC(=O)NC1COc2ccc(F)cc2C1. The molecule has 20 heavy (non-hydrogen) atoms. The van der Waals surface area contributed by atoms with Gasteiger partial charge >= 0.3 is 0 Å². The number of carbonyl (C=O) groups excluding carboxylic acids is 1. The first-order valence-electron chi connectivity index (χ1n) is 6.01. The summed E-state index contributed by atoms with van der Waals surface area (Å²) in [7, 11) is -2.36. The van der Waals surface area contributed by atoms with Crippen LogP contribution in [0.4, 0.5) is 4.39 Å². The van der Waals surface area contributed by atoms with Gasteiger partial charge in [0.2, 0.25) is 15.9 Å². The smallest absolute Gasteiger partial charge is 0.236 e. The lowest BCUT2D eigenvalue weighted by molar-refractivity contribution is -0.119. The molecule has 2 rings (SSSR count). The van der Waals surface area contributed by atoms with Crippen LogP contribution in [-0.4, -0.2) is 39.8 Å². The number of amides is 1. The van der Waals surface area contributed by atoms with Gasteiger partial charge < -0.3 is 10.1 Å². The van der Waals surface area contributed by atoms with Crippen LogP contribution in [0.2, 0.25) is 0 Å². The Morgan fingerprint density at radius 3 is 2.95 bits per heavy atom. The molecule has 1 aromatic rings. The zero-order valence-corrected chi connectivity index (χ0v) is 11.7. The van der Waals surface area contributed by atoms with Gasteiger partial charge in [0.05, 0.1) is 6.04 Å². The molecule has 1 aliphatic rings. The monoisotopic (exact) mass is 302 g/mol. The Morgan fingerprint density at radius 1 is 1.50 bits per heavy atom. The van der Waals surface area contributed by atoms with Crippen molar-refractivity contribution in [1.82, 2.24) is 10.0 Å². The summed E-state index contributed by atoms with van der Waals surface area (Å²) in [5, 5.41) is 2.56. The van der Waals surface area contributed by atoms with Crippen molar-refractivity contribution in [3.05, 3.63) is 29.6 Å². The van der Waals surface area contributed by atoms with E-state index >= 15 is 0 Å². The minimum Gasteiger partial charge on any atom is -0.491 e. The van der Waals surface area contributed by atoms with Gasteiger partial charge in [-0.2, -0.15) is 0 Å². The Bertz CT molecular complexity index is 618. The van der Waals surface area contributed by atoms with Gasteiger partial charge in [-0.3, -0.25) is 4.79 Å². The lowest BCUT2D eigenvalue weighted by atomic mass is 10.0. The maximum atomic E-state index is 13.1. The van der Waals surface area contributed by atoms with Crippen molar-refractivity contribution in [2.45, 2.75) is 12.5 Å². The summed E-state index contributed by atoms with van der Waals surface area (Å²) in [6.07, 6.45) is 0.401. The highest BCUT2D eigenvalue weighted by Gasteiger charge is 2.23. The summed E-state index contributed by atoms with van der Waals surface area (Å²) >= 11 is 0. The summed E-state index contributed by atoms with van der Waals surface area (Å²) in [6.45, 7) is 0.226. The predicted octanol–water partition coefficient (Wildman–Crippen LogP) is -0.205. The van der Waals surface area contributed by atoms with Gasteiger partial charge in [-0.15, -0.1) is 0 Å². The van der Waals surface area contributed by atoms with Crippen molar-refractivity contribution < 1.29 is 22.3 Å². The van der Waals surface area contributed by atoms with Crippen LogP contribution in [0.3, 0.4) is 0 Å². The van der Waals surface area contributed by atoms with Crippen molar-refractivity contribution in [3.8, 4) is 5.75 Å². The van der Waals surface area contributed by atoms with Gasteiger partial charge in [0.25, 0.3) is 0 Å². The summed E-state index contributed by atoms with van der Waals surface area (Å²) in [5.41, 5.74) is 0.651. The van der Waals surface area contributed by atoms with E-state index in [-0.39, 0.29) is 18.5 Å². The first-order valence-corrected chi connectivity index (χ1v) is 7.66. The minimum absolute atomic E-state index is 0.226. The van der Waals surface area contributed by atoms with Crippen molar-refractivity contribution in [3.63, 3.8) is 0 Å². The first-order chi connectivity index (χ1) is 9.39. The Balaban J connectivity index is 1.98. The molecule has 0 spiro atoms. The van der Waals surface area contributed by atoms with E-state index in [0.29, 0.717) is 17.7 Å². The van der Waals surface area contributed by atoms with Crippen LogP contribution in [0.1, 0.15) is 5.56 Å². The molecule has 1 unspecified atom stereocenters. The number of benzene rings is 1. The number of rotatable bonds is 4. The van der Waals surface area contributed by atoms with Gasteiger partial charge in [-0.25, -0.2) is 17.5 Å². The van der Waals surface area contributed by atoms with Crippen LogP contribution < -0.4 is 14.8 Å². The normalized spacial score (nSPS) is 18.0. The van der Waals surface area contributed by atoms with Gasteiger partial charge in [0, 0.05) is 0 Å². The highest BCUT2D eigenvalue weighted by atomic mass is 32.2. The molecule has 0 saturated heterocycles. The van der Waals surface area contributed by atoms with E-state index in [4.69, 9.17) is 4.74 Å². The zero-order valence-electron chi connectivity index (χ0n) is 10.8. The van der Waals surface area contributed by atoms with E-state index < -0.39 is 21.7 Å². The Morgan fingerprint density at radius 2 is 2.25 bits per heavy atom. The summed E-state index contributed by atoms with van der Waals surface area (Å²) in [4.78, 5) is 11.6. The Labute approximate surface area is 116 Å². The van der Waals surface area contributed by atoms with Gasteiger partial charge in [-0.05, 0) is 37.2 Å². The fraction of sp³-hybridized carbons (Fsp3) is 0.417. The van der Waals surface area contributed by atoms with Crippen molar-refractivity contribution in [2.75, 3.05) is 19.4 Å². The molecular formula is C12H15FN2O4S. The van der Waals surface area contributed by atoms with Crippen molar-refractivity contribution in [2.24, 2.45) is 0 Å². The lowest BCUT2D eigenvalue weighted by Crippen LogP contribution is -2.45. The van der Waals surface area contributed by atoms with Crippen LogP contribution >= 0.6 is 0 Å². The van der Waals surface area contributed by atoms with Crippen molar-refractivity contribution >= 4 is 15.9 Å². The third-order valence-corrected chi connectivity index (χ3v) is 4.19. The molecule has 1 atom stereocenters. The Kier molecular flexibility index (Phi) is 4.24. The third kappa shape index (κ3) is 3.67. The van der Waals surface area contributed by atoms with Crippen LogP contribution in [0.5, 0.6) is 5.75 Å². The zero-order chi connectivity index (χ0) is 14.8. The molecule has 1 aliphatic heterocycles. The molecule has 1 amide bonds. The number of sulfonamides is 1. The molecular weight excluding hydrogens is 287 g/mol. The largest absolute Gasteiger partial charge is 0.491 e. The lowest BCUT2D eigenvalue weighted by Gasteiger charge is -2.26. The number of halogens is 1. The summed E-state index contributed by atoms with van der Waals surface area (Å²) < 4.78 is 43.1. The molecule has 0 bridgehead atoms. The van der Waals surface area contributed by atoms with E-state index in [0.717, 1.165) is 0 Å². The fourth-order valence-corrected chi connectivity index (χ4v) is 2.54. The first kappa shape index (κ1) is 14.7. The van der Waals surface area contributed by atoms with Crippen LogP contribution in [0.25, 0.3) is 0 Å². The van der Waals surface area contributed by atoms with E-state index in [9.17, 15) is 17.6 Å². The standard InChI is InChI=1S/C12H15FN2O4S/c1-14-20(17,18)7-12(16)15-10-5-8-4-9(13)2-3-11(8)19-6-10/h2-4,10,14H,5-7H2,1H3,(H,15,16). The molecule has 0 radical (unpaired) electrons. The fourth-order valence-electron chi connectivity index (χ4n) is 1.97. The molecule has 2 N–H and O–H groups in total. The second-order valence-electron chi connectivity index (χ2n) is 4.49. The number of nitrogens with one attached hydrogen (secondary N) is 2. The topological polar surface area (TPSA) is 84.5 Å². The second kappa shape index (κ2) is 5.76. The quantitative estimate of drug-likeness (QED) is 0.806. The highest BCUT2D eigenvalue weighted by molar-refractivity contribution is 7.90. The average molecular weight is 302 g/mol. The van der Waals surface area contributed by atoms with Crippen LogP contribution in [0, 0.1) is 5.82 Å². The average Bonchev–Trinajstić information content (AvgIpc) is 2.37. The molecule has 0 aliphatic carbocycles. The van der Waals surface area contributed by atoms with Crippen LogP contribution in [-0.2, 0) is 21.2 Å². The molecule has 0 saturated carbocycles. The molecule has 0 fully saturated rings. The summed E-state index contributed by atoms with van der Waals surface area (Å²) in [5.74, 6) is -1.06. The molecule has 0 aromatic heterocycles. The Hall–Kier alpha value is -1.67. The van der Waals surface area contributed by atoms with Gasteiger partial charge in [-0.1, -0.05) is 0 Å². The molecule has 6 nitrogen and oxygen atoms in total. The number of ether oxygens (including phenoxy) is 1. The van der Waals surface area contributed by atoms with E-state index in [2.05, 4.69) is 10.0 Å². The van der Waals surface area contributed by atoms with Gasteiger partial charge in [0.1, 0.15) is 23.9 Å². The second-order valence-corrected chi connectivity index (χ2v) is 6.42. The maximum absolute atomic E-state index is 13.1.